The van der Waals surface area contributed by atoms with Gasteiger partial charge in [0.2, 0.25) is 0 Å². The fourth-order valence-electron chi connectivity index (χ4n) is 6.30. The van der Waals surface area contributed by atoms with Gasteiger partial charge in [-0.25, -0.2) is 0 Å². The van der Waals surface area contributed by atoms with Crippen molar-refractivity contribution in [2.75, 3.05) is 0 Å². The molecular weight excluding hydrogens is 424 g/mol. The molecule has 0 radical (unpaired) electrons. The summed E-state index contributed by atoms with van der Waals surface area (Å²) in [5.41, 5.74) is 4.20. The Morgan fingerprint density at radius 3 is 1.82 bits per heavy atom. The standard InChI is InChI=1S/C33H24Si/c1-23-27-17-9-8-12-24(27)22-30-28(23)20-21-32-33(30)29-18-10-11-19-31(29)34(32,25-13-4-2-5-14-25)26-15-6-3-7-16-26/h2-22H,1H3. The quantitative estimate of drug-likeness (QED) is 0.236. The van der Waals surface area contributed by atoms with E-state index in [-0.39, 0.29) is 0 Å². The summed E-state index contributed by atoms with van der Waals surface area (Å²) >= 11 is 0. The topological polar surface area (TPSA) is 0 Å². The van der Waals surface area contributed by atoms with Crippen molar-refractivity contribution < 1.29 is 0 Å². The molecule has 0 atom stereocenters. The first kappa shape index (κ1) is 19.5. The van der Waals surface area contributed by atoms with Crippen LogP contribution in [-0.2, 0) is 0 Å². The molecule has 0 saturated carbocycles. The van der Waals surface area contributed by atoms with Gasteiger partial charge in [-0.05, 0) is 72.0 Å². The summed E-state index contributed by atoms with van der Waals surface area (Å²) in [5.74, 6) is 0. The van der Waals surface area contributed by atoms with Crippen molar-refractivity contribution in [3.05, 3.63) is 133 Å². The minimum absolute atomic E-state index is 1.32. The van der Waals surface area contributed by atoms with Crippen molar-refractivity contribution in [2.24, 2.45) is 0 Å². The number of fused-ring (bicyclic) bond motifs is 6. The van der Waals surface area contributed by atoms with Crippen LogP contribution in [0.1, 0.15) is 5.56 Å². The highest BCUT2D eigenvalue weighted by atomic mass is 28.3. The van der Waals surface area contributed by atoms with Crippen molar-refractivity contribution in [3.8, 4) is 11.1 Å². The molecule has 0 bridgehead atoms. The normalized spacial score (nSPS) is 13.7. The van der Waals surface area contributed by atoms with Gasteiger partial charge < -0.3 is 0 Å². The molecule has 160 valence electrons. The lowest BCUT2D eigenvalue weighted by atomic mass is 9.92. The van der Waals surface area contributed by atoms with E-state index in [0.29, 0.717) is 0 Å². The van der Waals surface area contributed by atoms with Gasteiger partial charge in [-0.15, -0.1) is 0 Å². The molecule has 0 unspecified atom stereocenters. The predicted molar refractivity (Wildman–Crippen MR) is 149 cm³/mol. The van der Waals surface area contributed by atoms with Crippen LogP contribution in [0.15, 0.2) is 127 Å². The average Bonchev–Trinajstić information content (AvgIpc) is 3.21. The zero-order valence-electron chi connectivity index (χ0n) is 19.1. The molecule has 0 amide bonds. The van der Waals surface area contributed by atoms with Gasteiger partial charge in [0.05, 0.1) is 0 Å². The third-order valence-electron chi connectivity index (χ3n) is 7.73. The number of rotatable bonds is 2. The minimum atomic E-state index is -2.43. The first-order chi connectivity index (χ1) is 16.8. The van der Waals surface area contributed by atoms with E-state index < -0.39 is 8.07 Å². The maximum atomic E-state index is 2.45. The van der Waals surface area contributed by atoms with Crippen molar-refractivity contribution >= 4 is 50.4 Å². The summed E-state index contributed by atoms with van der Waals surface area (Å²) in [4.78, 5) is 0. The Hall–Kier alpha value is -3.94. The van der Waals surface area contributed by atoms with Gasteiger partial charge in [0.25, 0.3) is 0 Å². The van der Waals surface area contributed by atoms with E-state index in [1.165, 1.54) is 59.0 Å². The molecule has 0 saturated heterocycles. The van der Waals surface area contributed by atoms with Gasteiger partial charge >= 0.3 is 0 Å². The van der Waals surface area contributed by atoms with Crippen molar-refractivity contribution in [1.29, 1.82) is 0 Å². The lowest BCUT2D eigenvalue weighted by molar-refractivity contribution is 1.58. The lowest BCUT2D eigenvalue weighted by Gasteiger charge is -2.31. The molecule has 6 aromatic rings. The number of hydrogen-bond donors (Lipinski definition) is 0. The van der Waals surface area contributed by atoms with E-state index in [9.17, 15) is 0 Å². The molecular formula is C33H24Si. The van der Waals surface area contributed by atoms with Gasteiger partial charge in [-0.2, -0.15) is 0 Å². The molecule has 34 heavy (non-hydrogen) atoms. The lowest BCUT2D eigenvalue weighted by Crippen LogP contribution is -2.72. The molecule has 1 aliphatic rings. The van der Waals surface area contributed by atoms with E-state index in [0.717, 1.165) is 0 Å². The summed E-state index contributed by atoms with van der Waals surface area (Å²) in [6.07, 6.45) is 0. The Morgan fingerprint density at radius 2 is 1.09 bits per heavy atom. The van der Waals surface area contributed by atoms with Crippen molar-refractivity contribution in [2.45, 2.75) is 6.92 Å². The van der Waals surface area contributed by atoms with E-state index in [4.69, 9.17) is 0 Å². The molecule has 0 fully saturated rings. The van der Waals surface area contributed by atoms with Crippen LogP contribution in [0.25, 0.3) is 32.7 Å². The monoisotopic (exact) mass is 448 g/mol. The Balaban J connectivity index is 1.71. The predicted octanol–water partition coefficient (Wildman–Crippen LogP) is 5.66. The molecule has 7 rings (SSSR count). The highest BCUT2D eigenvalue weighted by Gasteiger charge is 2.48. The molecule has 1 heteroatoms. The second-order valence-electron chi connectivity index (χ2n) is 9.33. The van der Waals surface area contributed by atoms with Gasteiger partial charge in [-0.1, -0.05) is 121 Å². The number of aryl methyl sites for hydroxylation is 1. The van der Waals surface area contributed by atoms with Crippen LogP contribution in [0.2, 0.25) is 0 Å². The maximum absolute atomic E-state index is 2.45. The van der Waals surface area contributed by atoms with Crippen LogP contribution < -0.4 is 20.7 Å². The molecule has 0 spiro atoms. The van der Waals surface area contributed by atoms with Crippen molar-refractivity contribution in [3.63, 3.8) is 0 Å². The number of benzene rings is 6. The Kier molecular flexibility index (Phi) is 4.18. The SMILES string of the molecule is Cc1c2ccccc2cc2c3c(ccc12)[Si](c1ccccc1)(c1ccccc1)c1ccccc1-3. The first-order valence-electron chi connectivity index (χ1n) is 12.0. The third kappa shape index (κ3) is 2.48. The van der Waals surface area contributed by atoms with Gasteiger partial charge in [0.15, 0.2) is 8.07 Å². The van der Waals surface area contributed by atoms with Crippen LogP contribution in [0, 0.1) is 6.92 Å². The van der Waals surface area contributed by atoms with Crippen LogP contribution >= 0.6 is 0 Å². The van der Waals surface area contributed by atoms with E-state index in [2.05, 4.69) is 134 Å². The van der Waals surface area contributed by atoms with Gasteiger partial charge in [0, 0.05) is 0 Å². The Morgan fingerprint density at radius 1 is 0.471 bits per heavy atom. The molecule has 0 aromatic heterocycles. The molecule has 1 aliphatic heterocycles. The van der Waals surface area contributed by atoms with Crippen molar-refractivity contribution in [1.82, 2.24) is 0 Å². The molecule has 0 N–H and O–H groups in total. The largest absolute Gasteiger partial charge is 0.180 e. The Bertz CT molecular complexity index is 1660. The average molecular weight is 449 g/mol. The van der Waals surface area contributed by atoms with Crippen LogP contribution in [0.4, 0.5) is 0 Å². The summed E-state index contributed by atoms with van der Waals surface area (Å²) in [6.45, 7) is 2.27. The highest BCUT2D eigenvalue weighted by Crippen LogP contribution is 2.37. The van der Waals surface area contributed by atoms with E-state index >= 15 is 0 Å². The molecule has 0 aliphatic carbocycles. The summed E-state index contributed by atoms with van der Waals surface area (Å²) in [7, 11) is -2.43. The van der Waals surface area contributed by atoms with Gasteiger partial charge in [0.1, 0.15) is 0 Å². The first-order valence-corrected chi connectivity index (χ1v) is 14.0. The van der Waals surface area contributed by atoms with E-state index in [1.807, 2.05) is 0 Å². The van der Waals surface area contributed by atoms with Crippen LogP contribution in [0.3, 0.4) is 0 Å². The maximum Gasteiger partial charge on any atom is 0.180 e. The fourth-order valence-corrected chi connectivity index (χ4v) is 11.5. The fraction of sp³-hybridized carbons (Fsp3) is 0.0303. The summed E-state index contributed by atoms with van der Waals surface area (Å²) in [6, 6.07) is 47.7. The molecule has 1 heterocycles. The molecule has 6 aromatic carbocycles. The zero-order chi connectivity index (χ0) is 22.7. The molecule has 0 nitrogen and oxygen atoms in total. The summed E-state index contributed by atoms with van der Waals surface area (Å²) in [5, 5.41) is 11.3. The smallest absolute Gasteiger partial charge is 0.0623 e. The third-order valence-corrected chi connectivity index (χ3v) is 12.6. The highest BCUT2D eigenvalue weighted by molar-refractivity contribution is 7.22. The Labute approximate surface area is 201 Å². The minimum Gasteiger partial charge on any atom is -0.0623 e. The number of hydrogen-bond acceptors (Lipinski definition) is 0. The van der Waals surface area contributed by atoms with Gasteiger partial charge in [-0.3, -0.25) is 0 Å². The second-order valence-corrected chi connectivity index (χ2v) is 13.1. The zero-order valence-corrected chi connectivity index (χ0v) is 20.1. The summed E-state index contributed by atoms with van der Waals surface area (Å²) < 4.78 is 0. The van der Waals surface area contributed by atoms with E-state index in [1.54, 1.807) is 0 Å². The second kappa shape index (κ2) is 7.28. The van der Waals surface area contributed by atoms with Crippen LogP contribution in [-0.4, -0.2) is 8.07 Å². The van der Waals surface area contributed by atoms with Crippen LogP contribution in [0.5, 0.6) is 0 Å².